The van der Waals surface area contributed by atoms with Gasteiger partial charge in [0.2, 0.25) is 0 Å². The summed E-state index contributed by atoms with van der Waals surface area (Å²) < 4.78 is 0. The van der Waals surface area contributed by atoms with Gasteiger partial charge in [-0.25, -0.2) is 0 Å². The number of thiol groups is 1. The first-order valence-electron chi connectivity index (χ1n) is 0.627. The van der Waals surface area contributed by atoms with Crippen LogP contribution in [0.15, 0.2) is 0 Å². The first-order valence-corrected chi connectivity index (χ1v) is 4.10. The molecule has 26 valence electrons. The van der Waals surface area contributed by atoms with Gasteiger partial charge in [-0.2, -0.15) is 0 Å². The normalized spacial score (nSPS) is 15.8. The minimum absolute atomic E-state index is 0.954. The van der Waals surface area contributed by atoms with Crippen LogP contribution in [0.1, 0.15) is 0 Å². The molecule has 1 atom stereocenters. The lowest BCUT2D eigenvalue weighted by Crippen LogP contribution is -1.63. The summed E-state index contributed by atoms with van der Waals surface area (Å²) in [6, 6.07) is 0. The minimum atomic E-state index is -0.954. The molecule has 0 heterocycles. The Morgan fingerprint density at radius 3 is 2.00 bits per heavy atom. The molecule has 0 spiro atoms. The van der Waals surface area contributed by atoms with Gasteiger partial charge >= 0.3 is 0 Å². The van der Waals surface area contributed by atoms with E-state index >= 15 is 0 Å². The van der Waals surface area contributed by atoms with E-state index in [2.05, 4.69) is 12.2 Å². The largest absolute Gasteiger partial charge is 0.289 e. The first-order chi connectivity index (χ1) is 1.73. The van der Waals surface area contributed by atoms with Gasteiger partial charge in [-0.1, -0.05) is 11.2 Å². The van der Waals surface area contributed by atoms with Crippen LogP contribution in [0.2, 0.25) is 0 Å². The van der Waals surface area contributed by atoms with E-state index in [1.54, 1.807) is 0 Å². The summed E-state index contributed by atoms with van der Waals surface area (Å²) >= 11 is 8.56. The highest BCUT2D eigenvalue weighted by Crippen LogP contribution is 2.35. The molecule has 0 rings (SSSR count). The topological polar surface area (TPSA) is 26.0 Å². The molecule has 0 aliphatic heterocycles. The van der Waals surface area contributed by atoms with E-state index in [1.165, 1.54) is 0 Å². The summed E-state index contributed by atoms with van der Waals surface area (Å²) in [5.41, 5.74) is 4.81. The van der Waals surface area contributed by atoms with Crippen LogP contribution in [0.25, 0.3) is 0 Å². The summed E-state index contributed by atoms with van der Waals surface area (Å²) in [5.74, 6) is 0. The van der Waals surface area contributed by atoms with Crippen LogP contribution < -0.4 is 5.50 Å². The highest BCUT2D eigenvalue weighted by Gasteiger charge is 1.72. The van der Waals surface area contributed by atoms with Crippen LogP contribution in [-0.4, -0.2) is 0 Å². The van der Waals surface area contributed by atoms with E-state index in [-0.39, 0.29) is 0 Å². The zero-order chi connectivity index (χ0) is 3.58. The van der Waals surface area contributed by atoms with Crippen LogP contribution in [-0.2, 0) is 0 Å². The Morgan fingerprint density at radius 1 is 2.00 bits per heavy atom. The van der Waals surface area contributed by atoms with Crippen molar-refractivity contribution in [1.29, 1.82) is 0 Å². The van der Waals surface area contributed by atoms with Gasteiger partial charge in [-0.3, -0.25) is 5.50 Å². The number of hydrogen-bond acceptors (Lipinski definition) is 2. The van der Waals surface area contributed by atoms with Crippen molar-refractivity contribution in [2.75, 3.05) is 0 Å². The first kappa shape index (κ1) is 5.03. The molecule has 1 nitrogen and oxygen atoms in total. The molecule has 0 aliphatic rings. The Labute approximate surface area is 36.3 Å². The summed E-state index contributed by atoms with van der Waals surface area (Å²) in [5, 5.41) is 0. The van der Waals surface area contributed by atoms with Crippen LogP contribution in [0.4, 0.5) is 0 Å². The van der Waals surface area contributed by atoms with Gasteiger partial charge in [0.1, 0.15) is 6.63 Å². The van der Waals surface area contributed by atoms with E-state index in [9.17, 15) is 0 Å². The molecule has 0 aromatic heterocycles. The lowest BCUT2D eigenvalue weighted by atomic mass is 13.9. The second-order valence-corrected chi connectivity index (χ2v) is 3.96. The number of halogens is 1. The quantitative estimate of drug-likeness (QED) is 0.362. The van der Waals surface area contributed by atoms with Gasteiger partial charge in [0.15, 0.2) is 0 Å². The predicted octanol–water partition coefficient (Wildman–Crippen LogP) is 1.34. The van der Waals surface area contributed by atoms with Crippen molar-refractivity contribution in [3.8, 4) is 0 Å². The van der Waals surface area contributed by atoms with Gasteiger partial charge in [0.25, 0.3) is 0 Å². The predicted molar refractivity (Wildman–Crippen MR) is 25.9 cm³/mol. The zero-order valence-electron chi connectivity index (χ0n) is 1.85. The summed E-state index contributed by atoms with van der Waals surface area (Å²) in [7, 11) is 0. The molecule has 0 saturated heterocycles. The van der Waals surface area contributed by atoms with Crippen LogP contribution in [0, 0.1) is 0 Å². The Morgan fingerprint density at radius 2 is 2.00 bits per heavy atom. The molecule has 0 amide bonds. The maximum atomic E-state index is 4.98. The van der Waals surface area contributed by atoms with Crippen molar-refractivity contribution >= 4 is 30.1 Å². The van der Waals surface area contributed by atoms with Crippen molar-refractivity contribution in [3.63, 3.8) is 0 Å². The highest BCUT2D eigenvalue weighted by molar-refractivity contribution is 8.53. The third kappa shape index (κ3) is 11.8. The molecular formula is H3ClNPS. The van der Waals surface area contributed by atoms with Crippen LogP contribution in [0.5, 0.6) is 0 Å². The standard InChI is InChI=1S/ClH3NPS/c1-3(2)4/h4H,2H2. The average Bonchev–Trinajstić information content (AvgIpc) is 0.811. The van der Waals surface area contributed by atoms with E-state index < -0.39 is 6.63 Å². The Bertz CT molecular complexity index is 12.8. The molecule has 2 N–H and O–H groups in total. The van der Waals surface area contributed by atoms with E-state index in [4.69, 9.17) is 16.7 Å². The summed E-state index contributed by atoms with van der Waals surface area (Å²) in [6.07, 6.45) is 0. The molecule has 0 aromatic carbocycles. The second kappa shape index (κ2) is 2.28. The van der Waals surface area contributed by atoms with E-state index in [1.807, 2.05) is 0 Å². The van der Waals surface area contributed by atoms with Crippen LogP contribution in [0.3, 0.4) is 0 Å². The van der Waals surface area contributed by atoms with Gasteiger partial charge in [0.05, 0.1) is 0 Å². The lowest BCUT2D eigenvalue weighted by molar-refractivity contribution is 2.04. The van der Waals surface area contributed by atoms with Crippen molar-refractivity contribution in [2.45, 2.75) is 0 Å². The molecule has 1 unspecified atom stereocenters. The van der Waals surface area contributed by atoms with E-state index in [0.29, 0.717) is 0 Å². The van der Waals surface area contributed by atoms with Crippen molar-refractivity contribution in [2.24, 2.45) is 5.50 Å². The molecule has 0 aromatic rings. The van der Waals surface area contributed by atoms with E-state index in [0.717, 1.165) is 0 Å². The third-order valence-corrected chi connectivity index (χ3v) is 0. The van der Waals surface area contributed by atoms with Gasteiger partial charge in [-0.05, 0) is 0 Å². The Balaban J connectivity index is 2.32. The number of nitrogens with two attached hydrogens (primary N) is 1. The molecule has 0 saturated carbocycles. The average molecular weight is 116 g/mol. The fraction of sp³-hybridized carbons (Fsp3) is 0. The maximum Gasteiger partial charge on any atom is 0.115 e. The highest BCUT2D eigenvalue weighted by atomic mass is 35.7. The van der Waals surface area contributed by atoms with Crippen molar-refractivity contribution in [1.82, 2.24) is 0 Å². The maximum absolute atomic E-state index is 4.98. The molecular weight excluding hydrogens is 113 g/mol. The number of rotatable bonds is 0. The Hall–Kier alpha value is 1.03. The molecule has 4 heavy (non-hydrogen) atoms. The van der Waals surface area contributed by atoms with Gasteiger partial charge in [0, 0.05) is 0 Å². The molecule has 0 radical (unpaired) electrons. The number of hydrogen-bond donors (Lipinski definition) is 2. The molecule has 4 heteroatoms. The SMILES string of the molecule is NP(S)Cl. The summed E-state index contributed by atoms with van der Waals surface area (Å²) in [6.45, 7) is -0.954. The molecule has 0 fully saturated rings. The van der Waals surface area contributed by atoms with Gasteiger partial charge < -0.3 is 0 Å². The zero-order valence-corrected chi connectivity index (χ0v) is 4.39. The third-order valence-electron chi connectivity index (χ3n) is 0. The molecule has 0 aliphatic carbocycles. The second-order valence-electron chi connectivity index (χ2n) is 0.289. The monoisotopic (exact) mass is 115 g/mol. The van der Waals surface area contributed by atoms with Crippen molar-refractivity contribution < 1.29 is 0 Å². The lowest BCUT2D eigenvalue weighted by Gasteiger charge is -1.76. The van der Waals surface area contributed by atoms with Crippen molar-refractivity contribution in [3.05, 3.63) is 0 Å². The molecule has 0 bridgehead atoms. The Kier molecular flexibility index (Phi) is 2.86. The van der Waals surface area contributed by atoms with Gasteiger partial charge in [-0.15, -0.1) is 12.2 Å². The minimum Gasteiger partial charge on any atom is -0.289 e. The fourth-order valence-corrected chi connectivity index (χ4v) is 0. The summed E-state index contributed by atoms with van der Waals surface area (Å²) in [4.78, 5) is 0. The van der Waals surface area contributed by atoms with Crippen LogP contribution >= 0.6 is 30.1 Å². The fourth-order valence-electron chi connectivity index (χ4n) is 0. The smallest absolute Gasteiger partial charge is 0.115 e.